The Morgan fingerprint density at radius 3 is 2.88 bits per heavy atom. The van der Waals surface area contributed by atoms with Gasteiger partial charge in [-0.05, 0) is 31.9 Å². The lowest BCUT2D eigenvalue weighted by atomic mass is 9.95. The van der Waals surface area contributed by atoms with Crippen molar-refractivity contribution in [2.75, 3.05) is 18.4 Å². The summed E-state index contributed by atoms with van der Waals surface area (Å²) in [6.45, 7) is 5.46. The zero-order chi connectivity index (χ0) is 16.9. The molecule has 1 saturated heterocycles. The molecule has 0 radical (unpaired) electrons. The Kier molecular flexibility index (Phi) is 5.03. The molecule has 0 aromatic carbocycles. The molecule has 0 saturated carbocycles. The van der Waals surface area contributed by atoms with E-state index in [0.29, 0.717) is 12.2 Å². The molecular formula is C18H23N5O. The Hall–Kier alpha value is -2.50. The summed E-state index contributed by atoms with van der Waals surface area (Å²) in [4.78, 5) is 27.2. The summed E-state index contributed by atoms with van der Waals surface area (Å²) in [6, 6.07) is 5.80. The molecule has 1 fully saturated rings. The summed E-state index contributed by atoms with van der Waals surface area (Å²) in [5, 5.41) is 3.16. The maximum atomic E-state index is 11.9. The van der Waals surface area contributed by atoms with E-state index in [4.69, 9.17) is 0 Å². The number of piperidine rings is 1. The number of likely N-dealkylation sites (tertiary alicyclic amines) is 1. The normalized spacial score (nSPS) is 17.6. The standard InChI is InChI=1S/C18H23N5O/c1-3-18(24)23-9-5-7-14(12-23)15-10-20-17(11-19-15)22-16-8-4-6-13(2)21-16/h4,6,8,10-11,14H,3,5,7,9,12H2,1-2H3,(H,20,21,22)/t14-/m1/s1. The minimum Gasteiger partial charge on any atom is -0.342 e. The van der Waals surface area contributed by atoms with Crippen LogP contribution >= 0.6 is 0 Å². The van der Waals surface area contributed by atoms with Crippen LogP contribution in [0.4, 0.5) is 11.6 Å². The van der Waals surface area contributed by atoms with Crippen molar-refractivity contribution in [1.82, 2.24) is 19.9 Å². The first-order chi connectivity index (χ1) is 11.7. The Morgan fingerprint density at radius 2 is 2.17 bits per heavy atom. The predicted molar refractivity (Wildman–Crippen MR) is 93.1 cm³/mol. The largest absolute Gasteiger partial charge is 0.342 e. The Morgan fingerprint density at radius 1 is 1.29 bits per heavy atom. The van der Waals surface area contributed by atoms with Crippen LogP contribution in [-0.2, 0) is 4.79 Å². The quantitative estimate of drug-likeness (QED) is 0.935. The van der Waals surface area contributed by atoms with Crippen LogP contribution in [0.15, 0.2) is 30.6 Å². The van der Waals surface area contributed by atoms with Gasteiger partial charge in [-0.2, -0.15) is 0 Å². The third kappa shape index (κ3) is 3.88. The van der Waals surface area contributed by atoms with Crippen LogP contribution in [0.1, 0.15) is 43.5 Å². The maximum absolute atomic E-state index is 11.9. The molecule has 1 N–H and O–H groups in total. The molecule has 1 aliphatic rings. The fraction of sp³-hybridized carbons (Fsp3) is 0.444. The van der Waals surface area contributed by atoms with E-state index in [2.05, 4.69) is 20.3 Å². The second-order valence-corrected chi connectivity index (χ2v) is 6.15. The van der Waals surface area contributed by atoms with Gasteiger partial charge in [-0.3, -0.25) is 9.78 Å². The van der Waals surface area contributed by atoms with E-state index in [9.17, 15) is 4.79 Å². The minimum atomic E-state index is 0.219. The molecule has 3 rings (SSSR count). The van der Waals surface area contributed by atoms with Gasteiger partial charge in [0.1, 0.15) is 11.6 Å². The highest BCUT2D eigenvalue weighted by Gasteiger charge is 2.24. The number of carbonyl (C=O) groups excluding carboxylic acids is 1. The number of pyridine rings is 1. The van der Waals surface area contributed by atoms with Crippen LogP contribution in [0.2, 0.25) is 0 Å². The lowest BCUT2D eigenvalue weighted by molar-refractivity contribution is -0.132. The van der Waals surface area contributed by atoms with Gasteiger partial charge in [0.2, 0.25) is 5.91 Å². The zero-order valence-corrected chi connectivity index (χ0v) is 14.2. The van der Waals surface area contributed by atoms with Gasteiger partial charge in [0, 0.05) is 31.1 Å². The summed E-state index contributed by atoms with van der Waals surface area (Å²) in [5.41, 5.74) is 1.90. The molecule has 0 bridgehead atoms. The van der Waals surface area contributed by atoms with E-state index in [1.54, 1.807) is 6.20 Å². The first-order valence-corrected chi connectivity index (χ1v) is 8.46. The number of aromatic nitrogens is 3. The third-order valence-electron chi connectivity index (χ3n) is 4.31. The lowest BCUT2D eigenvalue weighted by Crippen LogP contribution is -2.38. The van der Waals surface area contributed by atoms with E-state index >= 15 is 0 Å². The van der Waals surface area contributed by atoms with Crippen LogP contribution in [0, 0.1) is 6.92 Å². The van der Waals surface area contributed by atoms with Crippen LogP contribution in [0.3, 0.4) is 0 Å². The SMILES string of the molecule is CCC(=O)N1CCC[C@@H](c2cnc(Nc3cccc(C)n3)cn2)C1. The van der Waals surface area contributed by atoms with E-state index in [0.717, 1.165) is 43.1 Å². The highest BCUT2D eigenvalue weighted by atomic mass is 16.2. The molecule has 0 aliphatic carbocycles. The number of hydrogen-bond donors (Lipinski definition) is 1. The topological polar surface area (TPSA) is 71.0 Å². The van der Waals surface area contributed by atoms with Gasteiger partial charge in [0.25, 0.3) is 0 Å². The van der Waals surface area contributed by atoms with Gasteiger partial charge in [-0.15, -0.1) is 0 Å². The highest BCUT2D eigenvalue weighted by Crippen LogP contribution is 2.26. The average Bonchev–Trinajstić information content (AvgIpc) is 2.62. The zero-order valence-electron chi connectivity index (χ0n) is 14.2. The first kappa shape index (κ1) is 16.4. The van der Waals surface area contributed by atoms with E-state index < -0.39 is 0 Å². The Labute approximate surface area is 142 Å². The molecule has 126 valence electrons. The second-order valence-electron chi connectivity index (χ2n) is 6.15. The van der Waals surface area contributed by atoms with Crippen molar-refractivity contribution in [3.8, 4) is 0 Å². The molecule has 1 atom stereocenters. The average molecular weight is 325 g/mol. The third-order valence-corrected chi connectivity index (χ3v) is 4.31. The van der Waals surface area contributed by atoms with Crippen LogP contribution in [-0.4, -0.2) is 38.8 Å². The molecule has 24 heavy (non-hydrogen) atoms. The Balaban J connectivity index is 1.66. The Bertz CT molecular complexity index is 701. The van der Waals surface area contributed by atoms with Crippen LogP contribution < -0.4 is 5.32 Å². The lowest BCUT2D eigenvalue weighted by Gasteiger charge is -2.32. The van der Waals surface area contributed by atoms with Crippen molar-refractivity contribution < 1.29 is 4.79 Å². The summed E-state index contributed by atoms with van der Waals surface area (Å²) in [7, 11) is 0. The van der Waals surface area contributed by atoms with Crippen LogP contribution in [0.5, 0.6) is 0 Å². The summed E-state index contributed by atoms with van der Waals surface area (Å²) >= 11 is 0. The summed E-state index contributed by atoms with van der Waals surface area (Å²) < 4.78 is 0. The molecule has 2 aromatic rings. The van der Waals surface area contributed by atoms with Crippen molar-refractivity contribution in [2.24, 2.45) is 0 Å². The predicted octanol–water partition coefficient (Wildman–Crippen LogP) is 3.04. The van der Waals surface area contributed by atoms with Crippen molar-refractivity contribution in [1.29, 1.82) is 0 Å². The van der Waals surface area contributed by atoms with Crippen molar-refractivity contribution in [3.05, 3.63) is 42.0 Å². The maximum Gasteiger partial charge on any atom is 0.222 e. The number of nitrogens with one attached hydrogen (secondary N) is 1. The number of rotatable bonds is 4. The monoisotopic (exact) mass is 325 g/mol. The number of hydrogen-bond acceptors (Lipinski definition) is 5. The number of aryl methyl sites for hydroxylation is 1. The van der Waals surface area contributed by atoms with E-state index in [-0.39, 0.29) is 11.8 Å². The van der Waals surface area contributed by atoms with Gasteiger partial charge in [0.05, 0.1) is 18.1 Å². The van der Waals surface area contributed by atoms with Gasteiger partial charge >= 0.3 is 0 Å². The van der Waals surface area contributed by atoms with Crippen molar-refractivity contribution in [2.45, 2.75) is 39.0 Å². The number of carbonyl (C=O) groups is 1. The first-order valence-electron chi connectivity index (χ1n) is 8.46. The molecule has 1 aliphatic heterocycles. The minimum absolute atomic E-state index is 0.219. The van der Waals surface area contributed by atoms with Gasteiger partial charge in [0.15, 0.2) is 0 Å². The number of amides is 1. The summed E-state index contributed by atoms with van der Waals surface area (Å²) in [5.74, 6) is 1.92. The number of nitrogens with zero attached hydrogens (tertiary/aromatic N) is 4. The molecule has 0 unspecified atom stereocenters. The van der Waals surface area contributed by atoms with Gasteiger partial charge in [-0.1, -0.05) is 13.0 Å². The smallest absolute Gasteiger partial charge is 0.222 e. The molecule has 1 amide bonds. The van der Waals surface area contributed by atoms with Crippen molar-refractivity contribution >= 4 is 17.5 Å². The highest BCUT2D eigenvalue weighted by molar-refractivity contribution is 5.76. The summed E-state index contributed by atoms with van der Waals surface area (Å²) in [6.07, 6.45) is 6.17. The van der Waals surface area contributed by atoms with E-state index in [1.165, 1.54) is 0 Å². The molecule has 6 nitrogen and oxygen atoms in total. The van der Waals surface area contributed by atoms with Gasteiger partial charge < -0.3 is 10.2 Å². The molecular weight excluding hydrogens is 302 g/mol. The second kappa shape index (κ2) is 7.38. The van der Waals surface area contributed by atoms with Crippen molar-refractivity contribution in [3.63, 3.8) is 0 Å². The number of anilines is 2. The van der Waals surface area contributed by atoms with Gasteiger partial charge in [-0.25, -0.2) is 9.97 Å². The molecule has 3 heterocycles. The fourth-order valence-corrected chi connectivity index (χ4v) is 3.03. The fourth-order valence-electron chi connectivity index (χ4n) is 3.03. The molecule has 6 heteroatoms. The molecule has 0 spiro atoms. The van der Waals surface area contributed by atoms with E-state index in [1.807, 2.05) is 43.1 Å². The molecule has 2 aromatic heterocycles. The van der Waals surface area contributed by atoms with Crippen LogP contribution in [0.25, 0.3) is 0 Å².